The summed E-state index contributed by atoms with van der Waals surface area (Å²) in [6.45, 7) is 2.69. The summed E-state index contributed by atoms with van der Waals surface area (Å²) in [6.07, 6.45) is 3.66. The normalized spacial score (nSPS) is 18.8. The predicted molar refractivity (Wildman–Crippen MR) is 72.8 cm³/mol. The third-order valence-corrected chi connectivity index (χ3v) is 3.73. The lowest BCUT2D eigenvalue weighted by molar-refractivity contribution is 0.0729. The Morgan fingerprint density at radius 2 is 2.16 bits per heavy atom. The summed E-state index contributed by atoms with van der Waals surface area (Å²) in [7, 11) is 0. The number of carbonyl (C=O) groups excluding carboxylic acids is 1. The lowest BCUT2D eigenvalue weighted by Gasteiger charge is -2.24. The van der Waals surface area contributed by atoms with Crippen LogP contribution in [0.25, 0.3) is 0 Å². The Kier molecular flexibility index (Phi) is 3.07. The van der Waals surface area contributed by atoms with Gasteiger partial charge in [0.15, 0.2) is 0 Å². The fourth-order valence-electron chi connectivity index (χ4n) is 2.74. The number of carbonyl (C=O) groups is 1. The Morgan fingerprint density at radius 1 is 1.37 bits per heavy atom. The van der Waals surface area contributed by atoms with Crippen LogP contribution in [-0.4, -0.2) is 27.3 Å². The largest absolute Gasteiger partial charge is 0.348 e. The van der Waals surface area contributed by atoms with Gasteiger partial charge >= 0.3 is 0 Å². The summed E-state index contributed by atoms with van der Waals surface area (Å²) < 4.78 is 0. The van der Waals surface area contributed by atoms with E-state index in [0.29, 0.717) is 5.69 Å². The van der Waals surface area contributed by atoms with Crippen molar-refractivity contribution in [1.82, 2.24) is 14.9 Å². The molecule has 1 aliphatic rings. The molecular formula is C15H17N3O. The second kappa shape index (κ2) is 4.88. The molecule has 98 valence electrons. The minimum absolute atomic E-state index is 0.0325. The molecule has 0 spiro atoms. The first-order valence-corrected chi connectivity index (χ1v) is 6.63. The molecule has 4 heteroatoms. The topological polar surface area (TPSA) is 49.0 Å². The first-order valence-electron chi connectivity index (χ1n) is 6.63. The Bertz CT molecular complexity index is 576. The second-order valence-corrected chi connectivity index (χ2v) is 4.94. The number of hydrogen-bond donors (Lipinski definition) is 1. The number of rotatable bonds is 2. The third-order valence-electron chi connectivity index (χ3n) is 3.73. The van der Waals surface area contributed by atoms with E-state index < -0.39 is 0 Å². The molecule has 4 nitrogen and oxygen atoms in total. The molecule has 1 fully saturated rings. The average molecular weight is 255 g/mol. The summed E-state index contributed by atoms with van der Waals surface area (Å²) in [6, 6.07) is 10.4. The van der Waals surface area contributed by atoms with Crippen molar-refractivity contribution in [1.29, 1.82) is 0 Å². The van der Waals surface area contributed by atoms with E-state index in [1.165, 1.54) is 5.56 Å². The van der Waals surface area contributed by atoms with Crippen LogP contribution in [0.1, 0.15) is 40.6 Å². The molecule has 1 atom stereocenters. The molecule has 0 saturated carbocycles. The van der Waals surface area contributed by atoms with Crippen molar-refractivity contribution in [3.05, 3.63) is 53.6 Å². The highest BCUT2D eigenvalue weighted by Gasteiger charge is 2.31. The zero-order valence-electron chi connectivity index (χ0n) is 11.0. The van der Waals surface area contributed by atoms with E-state index in [0.717, 1.165) is 25.1 Å². The lowest BCUT2D eigenvalue weighted by Crippen LogP contribution is -2.31. The molecule has 0 aliphatic carbocycles. The molecule has 0 unspecified atom stereocenters. The van der Waals surface area contributed by atoms with E-state index in [1.54, 1.807) is 6.33 Å². The van der Waals surface area contributed by atoms with Crippen LogP contribution >= 0.6 is 0 Å². The molecular weight excluding hydrogens is 238 g/mol. The standard InChI is InChI=1S/C15H17N3O/c1-11-14(17-10-16-11)15(19)18-9-5-8-13(18)12-6-3-2-4-7-12/h2-4,6-7,10,13H,5,8-9H2,1H3,(H,16,17)/t13-/m1/s1. The number of imidazole rings is 1. The molecule has 1 aromatic carbocycles. The highest BCUT2D eigenvalue weighted by Crippen LogP contribution is 2.32. The van der Waals surface area contributed by atoms with Gasteiger partial charge < -0.3 is 9.88 Å². The maximum absolute atomic E-state index is 12.6. The summed E-state index contributed by atoms with van der Waals surface area (Å²) in [5.74, 6) is 0.0325. The predicted octanol–water partition coefficient (Wildman–Crippen LogP) is 2.70. The highest BCUT2D eigenvalue weighted by atomic mass is 16.2. The molecule has 1 aliphatic heterocycles. The SMILES string of the molecule is Cc1[nH]cnc1C(=O)N1CCC[C@@H]1c1ccccc1. The van der Waals surface area contributed by atoms with Crippen molar-refractivity contribution in [2.24, 2.45) is 0 Å². The van der Waals surface area contributed by atoms with Crippen LogP contribution in [0.5, 0.6) is 0 Å². The monoisotopic (exact) mass is 255 g/mol. The fourth-order valence-corrected chi connectivity index (χ4v) is 2.74. The number of nitrogens with one attached hydrogen (secondary N) is 1. The summed E-state index contributed by atoms with van der Waals surface area (Å²) in [4.78, 5) is 21.6. The minimum Gasteiger partial charge on any atom is -0.348 e. The van der Waals surface area contributed by atoms with Crippen molar-refractivity contribution in [3.8, 4) is 0 Å². The van der Waals surface area contributed by atoms with Crippen LogP contribution in [0.3, 0.4) is 0 Å². The molecule has 1 saturated heterocycles. The van der Waals surface area contributed by atoms with Gasteiger partial charge in [0.1, 0.15) is 5.69 Å². The Morgan fingerprint density at radius 3 is 2.84 bits per heavy atom. The summed E-state index contributed by atoms with van der Waals surface area (Å²) in [5.41, 5.74) is 2.59. The van der Waals surface area contributed by atoms with E-state index in [4.69, 9.17) is 0 Å². The van der Waals surface area contributed by atoms with Gasteiger partial charge in [-0.25, -0.2) is 4.98 Å². The molecule has 19 heavy (non-hydrogen) atoms. The third kappa shape index (κ3) is 2.14. The molecule has 3 rings (SSSR count). The quantitative estimate of drug-likeness (QED) is 0.897. The van der Waals surface area contributed by atoms with Gasteiger partial charge in [0, 0.05) is 12.2 Å². The van der Waals surface area contributed by atoms with Crippen LogP contribution in [0.4, 0.5) is 0 Å². The number of aromatic nitrogens is 2. The van der Waals surface area contributed by atoms with Gasteiger partial charge in [-0.2, -0.15) is 0 Å². The number of H-pyrrole nitrogens is 1. The zero-order valence-corrected chi connectivity index (χ0v) is 11.0. The summed E-state index contributed by atoms with van der Waals surface area (Å²) >= 11 is 0. The van der Waals surface area contributed by atoms with Gasteiger partial charge in [-0.1, -0.05) is 30.3 Å². The number of aryl methyl sites for hydroxylation is 1. The van der Waals surface area contributed by atoms with E-state index in [9.17, 15) is 4.79 Å². The van der Waals surface area contributed by atoms with Crippen molar-refractivity contribution in [3.63, 3.8) is 0 Å². The number of likely N-dealkylation sites (tertiary alicyclic amines) is 1. The number of amides is 1. The average Bonchev–Trinajstić information content (AvgIpc) is 3.07. The van der Waals surface area contributed by atoms with Gasteiger partial charge in [-0.3, -0.25) is 4.79 Å². The molecule has 0 bridgehead atoms. The molecule has 2 aromatic rings. The Balaban J connectivity index is 1.88. The van der Waals surface area contributed by atoms with Crippen LogP contribution < -0.4 is 0 Å². The second-order valence-electron chi connectivity index (χ2n) is 4.94. The Labute approximate surface area is 112 Å². The van der Waals surface area contributed by atoms with E-state index >= 15 is 0 Å². The zero-order chi connectivity index (χ0) is 13.2. The van der Waals surface area contributed by atoms with Gasteiger partial charge in [-0.05, 0) is 25.3 Å². The highest BCUT2D eigenvalue weighted by molar-refractivity contribution is 5.93. The van der Waals surface area contributed by atoms with Crippen LogP contribution in [0.15, 0.2) is 36.7 Å². The Hall–Kier alpha value is -2.10. The maximum Gasteiger partial charge on any atom is 0.274 e. The number of aromatic amines is 1. The van der Waals surface area contributed by atoms with Crippen LogP contribution in [-0.2, 0) is 0 Å². The van der Waals surface area contributed by atoms with Gasteiger partial charge in [0.2, 0.25) is 0 Å². The smallest absolute Gasteiger partial charge is 0.274 e. The first kappa shape index (κ1) is 12.0. The van der Waals surface area contributed by atoms with Gasteiger partial charge in [0.05, 0.1) is 12.4 Å². The molecule has 1 aromatic heterocycles. The van der Waals surface area contributed by atoms with Gasteiger partial charge in [-0.15, -0.1) is 0 Å². The van der Waals surface area contributed by atoms with E-state index in [1.807, 2.05) is 30.0 Å². The number of hydrogen-bond acceptors (Lipinski definition) is 2. The number of benzene rings is 1. The molecule has 2 heterocycles. The maximum atomic E-state index is 12.6. The first-order chi connectivity index (χ1) is 9.27. The molecule has 0 radical (unpaired) electrons. The minimum atomic E-state index is 0.0325. The fraction of sp³-hybridized carbons (Fsp3) is 0.333. The van der Waals surface area contributed by atoms with Crippen molar-refractivity contribution in [2.45, 2.75) is 25.8 Å². The number of nitrogens with zero attached hydrogens (tertiary/aromatic N) is 2. The van der Waals surface area contributed by atoms with Crippen molar-refractivity contribution in [2.75, 3.05) is 6.54 Å². The molecule has 1 N–H and O–H groups in total. The van der Waals surface area contributed by atoms with Gasteiger partial charge in [0.25, 0.3) is 5.91 Å². The lowest BCUT2D eigenvalue weighted by atomic mass is 10.0. The van der Waals surface area contributed by atoms with E-state index in [2.05, 4.69) is 22.1 Å². The van der Waals surface area contributed by atoms with Crippen LogP contribution in [0, 0.1) is 6.92 Å². The van der Waals surface area contributed by atoms with Crippen LogP contribution in [0.2, 0.25) is 0 Å². The summed E-state index contributed by atoms with van der Waals surface area (Å²) in [5, 5.41) is 0. The molecule has 1 amide bonds. The van der Waals surface area contributed by atoms with Crippen molar-refractivity contribution >= 4 is 5.91 Å². The van der Waals surface area contributed by atoms with Crippen molar-refractivity contribution < 1.29 is 4.79 Å². The van der Waals surface area contributed by atoms with E-state index in [-0.39, 0.29) is 11.9 Å².